The SMILES string of the molecule is C=CCC1(Cc2ccccc2)C=CC=CC1O. The first-order chi connectivity index (χ1) is 8.27. The lowest BCUT2D eigenvalue weighted by Gasteiger charge is -2.35. The van der Waals surface area contributed by atoms with Crippen molar-refractivity contribution in [3.8, 4) is 0 Å². The van der Waals surface area contributed by atoms with Crippen LogP contribution in [0.5, 0.6) is 0 Å². The monoisotopic (exact) mass is 226 g/mol. The fourth-order valence-corrected chi connectivity index (χ4v) is 2.38. The van der Waals surface area contributed by atoms with Gasteiger partial charge in [-0.3, -0.25) is 0 Å². The predicted octanol–water partition coefficient (Wildman–Crippen LogP) is 3.28. The third-order valence-corrected chi connectivity index (χ3v) is 3.32. The van der Waals surface area contributed by atoms with Crippen LogP contribution in [0.3, 0.4) is 0 Å². The molecule has 1 aliphatic rings. The van der Waals surface area contributed by atoms with E-state index in [1.165, 1.54) is 5.56 Å². The van der Waals surface area contributed by atoms with Gasteiger partial charge in [0.05, 0.1) is 6.10 Å². The maximum absolute atomic E-state index is 10.2. The van der Waals surface area contributed by atoms with Crippen LogP contribution in [0.4, 0.5) is 0 Å². The van der Waals surface area contributed by atoms with Gasteiger partial charge in [-0.15, -0.1) is 6.58 Å². The van der Waals surface area contributed by atoms with Crippen LogP contribution >= 0.6 is 0 Å². The third kappa shape index (κ3) is 2.56. The Kier molecular flexibility index (Phi) is 3.60. The van der Waals surface area contributed by atoms with Crippen molar-refractivity contribution >= 4 is 0 Å². The molecule has 0 amide bonds. The maximum Gasteiger partial charge on any atom is 0.0820 e. The maximum atomic E-state index is 10.2. The van der Waals surface area contributed by atoms with Gasteiger partial charge in [-0.05, 0) is 18.4 Å². The Balaban J connectivity index is 2.26. The van der Waals surface area contributed by atoms with Gasteiger partial charge in [0.2, 0.25) is 0 Å². The Bertz CT molecular complexity index is 430. The minimum atomic E-state index is -0.439. The summed E-state index contributed by atoms with van der Waals surface area (Å²) in [5, 5.41) is 10.2. The first kappa shape index (κ1) is 11.9. The van der Waals surface area contributed by atoms with Crippen molar-refractivity contribution in [2.24, 2.45) is 5.41 Å². The summed E-state index contributed by atoms with van der Waals surface area (Å²) in [6.45, 7) is 3.81. The summed E-state index contributed by atoms with van der Waals surface area (Å²) in [6.07, 6.45) is 10.9. The molecule has 2 rings (SSSR count). The van der Waals surface area contributed by atoms with E-state index < -0.39 is 6.10 Å². The molecule has 2 unspecified atom stereocenters. The van der Waals surface area contributed by atoms with Crippen molar-refractivity contribution in [3.05, 3.63) is 72.9 Å². The molecule has 1 heteroatoms. The van der Waals surface area contributed by atoms with Crippen LogP contribution in [-0.4, -0.2) is 11.2 Å². The number of aliphatic hydroxyl groups is 1. The molecule has 0 spiro atoms. The van der Waals surface area contributed by atoms with E-state index in [1.807, 2.05) is 42.5 Å². The molecule has 0 aromatic heterocycles. The van der Waals surface area contributed by atoms with Crippen molar-refractivity contribution in [2.45, 2.75) is 18.9 Å². The first-order valence-electron chi connectivity index (χ1n) is 5.96. The molecule has 2 atom stereocenters. The van der Waals surface area contributed by atoms with Crippen molar-refractivity contribution in [2.75, 3.05) is 0 Å². The molecule has 1 aliphatic carbocycles. The van der Waals surface area contributed by atoms with Gasteiger partial charge in [0, 0.05) is 5.41 Å². The summed E-state index contributed by atoms with van der Waals surface area (Å²) in [5.41, 5.74) is 1.01. The van der Waals surface area contributed by atoms with Crippen molar-refractivity contribution in [1.82, 2.24) is 0 Å². The van der Waals surface area contributed by atoms with Gasteiger partial charge >= 0.3 is 0 Å². The summed E-state index contributed by atoms with van der Waals surface area (Å²) in [5.74, 6) is 0. The fourth-order valence-electron chi connectivity index (χ4n) is 2.38. The van der Waals surface area contributed by atoms with Crippen molar-refractivity contribution < 1.29 is 5.11 Å². The Labute approximate surface area is 103 Å². The average Bonchev–Trinajstić information content (AvgIpc) is 2.35. The molecule has 1 N–H and O–H groups in total. The second-order valence-corrected chi connectivity index (χ2v) is 4.58. The van der Waals surface area contributed by atoms with Crippen LogP contribution in [0, 0.1) is 5.41 Å². The minimum Gasteiger partial charge on any atom is -0.388 e. The van der Waals surface area contributed by atoms with Crippen LogP contribution in [0.2, 0.25) is 0 Å². The highest BCUT2D eigenvalue weighted by Crippen LogP contribution is 2.36. The van der Waals surface area contributed by atoms with Gasteiger partial charge in [0.1, 0.15) is 0 Å². The van der Waals surface area contributed by atoms with Crippen molar-refractivity contribution in [1.29, 1.82) is 0 Å². The van der Waals surface area contributed by atoms with Crippen LogP contribution in [0.25, 0.3) is 0 Å². The van der Waals surface area contributed by atoms with Gasteiger partial charge in [0.15, 0.2) is 0 Å². The van der Waals surface area contributed by atoms with Crippen LogP contribution in [0.15, 0.2) is 67.3 Å². The third-order valence-electron chi connectivity index (χ3n) is 3.32. The quantitative estimate of drug-likeness (QED) is 0.781. The molecule has 1 aromatic rings. The molecule has 17 heavy (non-hydrogen) atoms. The molecule has 1 nitrogen and oxygen atoms in total. The molecule has 1 aromatic carbocycles. The van der Waals surface area contributed by atoms with Gasteiger partial charge in [-0.1, -0.05) is 60.7 Å². The van der Waals surface area contributed by atoms with Crippen LogP contribution in [-0.2, 0) is 6.42 Å². The summed E-state index contributed by atoms with van der Waals surface area (Å²) in [7, 11) is 0. The molecule has 0 aliphatic heterocycles. The number of hydrogen-bond donors (Lipinski definition) is 1. The van der Waals surface area contributed by atoms with Gasteiger partial charge < -0.3 is 5.11 Å². The number of rotatable bonds is 4. The number of allylic oxidation sites excluding steroid dienone is 3. The minimum absolute atomic E-state index is 0.238. The van der Waals surface area contributed by atoms with Gasteiger partial charge in [0.25, 0.3) is 0 Å². The zero-order valence-corrected chi connectivity index (χ0v) is 9.92. The number of aliphatic hydroxyl groups excluding tert-OH is 1. The Morgan fingerprint density at radius 2 is 2.00 bits per heavy atom. The fraction of sp³-hybridized carbons (Fsp3) is 0.250. The molecular formula is C16H18O. The summed E-state index contributed by atoms with van der Waals surface area (Å²) in [4.78, 5) is 0. The molecule has 0 heterocycles. The largest absolute Gasteiger partial charge is 0.388 e. The lowest BCUT2D eigenvalue weighted by molar-refractivity contribution is 0.0989. The predicted molar refractivity (Wildman–Crippen MR) is 71.7 cm³/mol. The van der Waals surface area contributed by atoms with E-state index in [1.54, 1.807) is 0 Å². The van der Waals surface area contributed by atoms with E-state index >= 15 is 0 Å². The van der Waals surface area contributed by atoms with Crippen LogP contribution in [0.1, 0.15) is 12.0 Å². The normalized spacial score (nSPS) is 27.0. The first-order valence-corrected chi connectivity index (χ1v) is 5.96. The van der Waals surface area contributed by atoms with E-state index in [2.05, 4.69) is 24.8 Å². The second kappa shape index (κ2) is 5.15. The Morgan fingerprint density at radius 3 is 2.65 bits per heavy atom. The molecule has 0 saturated heterocycles. The lowest BCUT2D eigenvalue weighted by atomic mass is 9.72. The Morgan fingerprint density at radius 1 is 1.24 bits per heavy atom. The molecule has 0 bridgehead atoms. The van der Waals surface area contributed by atoms with E-state index in [4.69, 9.17) is 0 Å². The summed E-state index contributed by atoms with van der Waals surface area (Å²) in [6, 6.07) is 10.3. The summed E-state index contributed by atoms with van der Waals surface area (Å²) < 4.78 is 0. The smallest absolute Gasteiger partial charge is 0.0820 e. The number of hydrogen-bond acceptors (Lipinski definition) is 1. The standard InChI is InChI=1S/C16H18O/c1-2-11-16(12-7-6-10-15(16)17)13-14-8-4-3-5-9-14/h2-10,12,15,17H,1,11,13H2. The van der Waals surface area contributed by atoms with Gasteiger partial charge in [-0.2, -0.15) is 0 Å². The highest BCUT2D eigenvalue weighted by Gasteiger charge is 2.34. The zero-order chi connectivity index (χ0) is 12.1. The average molecular weight is 226 g/mol. The molecule has 0 fully saturated rings. The number of benzene rings is 1. The molecule has 88 valence electrons. The molecule has 0 saturated carbocycles. The van der Waals surface area contributed by atoms with Crippen LogP contribution < -0.4 is 0 Å². The highest BCUT2D eigenvalue weighted by molar-refractivity contribution is 5.27. The topological polar surface area (TPSA) is 20.2 Å². The Hall–Kier alpha value is -1.60. The van der Waals surface area contributed by atoms with E-state index in [0.717, 1.165) is 12.8 Å². The van der Waals surface area contributed by atoms with E-state index in [-0.39, 0.29) is 5.41 Å². The molecular weight excluding hydrogens is 208 g/mol. The zero-order valence-electron chi connectivity index (χ0n) is 9.92. The summed E-state index contributed by atoms with van der Waals surface area (Å²) >= 11 is 0. The highest BCUT2D eigenvalue weighted by atomic mass is 16.3. The lowest BCUT2D eigenvalue weighted by Crippen LogP contribution is -2.35. The van der Waals surface area contributed by atoms with Gasteiger partial charge in [-0.25, -0.2) is 0 Å². The van der Waals surface area contributed by atoms with Crippen molar-refractivity contribution in [3.63, 3.8) is 0 Å². The van der Waals surface area contributed by atoms with E-state index in [9.17, 15) is 5.11 Å². The van der Waals surface area contributed by atoms with E-state index in [0.29, 0.717) is 0 Å². The second-order valence-electron chi connectivity index (χ2n) is 4.58. The molecule has 0 radical (unpaired) electrons.